The van der Waals surface area contributed by atoms with E-state index >= 15 is 0 Å². The number of imidazole rings is 1. The van der Waals surface area contributed by atoms with Gasteiger partial charge in [-0.25, -0.2) is 14.5 Å². The van der Waals surface area contributed by atoms with Crippen LogP contribution in [-0.4, -0.2) is 39.8 Å². The number of ether oxygens (including phenoxy) is 1. The summed E-state index contributed by atoms with van der Waals surface area (Å²) in [6.45, 7) is 1.82. The molecule has 2 N–H and O–H groups in total. The van der Waals surface area contributed by atoms with E-state index in [1.807, 2.05) is 24.3 Å². The highest BCUT2D eigenvalue weighted by Crippen LogP contribution is 2.30. The van der Waals surface area contributed by atoms with Crippen LogP contribution in [0.4, 0.5) is 11.4 Å². The monoisotopic (exact) mass is 498 g/mol. The molecule has 0 atom stereocenters. The number of H-pyrrole nitrogens is 1. The van der Waals surface area contributed by atoms with Crippen LogP contribution >= 0.6 is 0 Å². The first-order valence-electron chi connectivity index (χ1n) is 11.6. The fraction of sp³-hybridized carbons (Fsp3) is 0.148. The van der Waals surface area contributed by atoms with Gasteiger partial charge in [-0.1, -0.05) is 12.1 Å². The predicted octanol–water partition coefficient (Wildman–Crippen LogP) is 3.34. The normalized spacial score (nSPS) is 12.6. The smallest absolute Gasteiger partial charge is 0.338 e. The Balaban J connectivity index is 1.24. The van der Waals surface area contributed by atoms with E-state index in [1.165, 1.54) is 25.1 Å². The number of rotatable bonds is 7. The minimum Gasteiger partial charge on any atom is -0.462 e. The van der Waals surface area contributed by atoms with Crippen molar-refractivity contribution in [2.24, 2.45) is 0 Å². The molecule has 37 heavy (non-hydrogen) atoms. The molecule has 10 nitrogen and oxygen atoms in total. The molecule has 0 spiro atoms. The third kappa shape index (κ3) is 4.52. The first-order valence-corrected chi connectivity index (χ1v) is 11.6. The molecule has 0 fully saturated rings. The van der Waals surface area contributed by atoms with Gasteiger partial charge in [0.15, 0.2) is 0 Å². The number of anilines is 2. The fourth-order valence-corrected chi connectivity index (χ4v) is 4.30. The van der Waals surface area contributed by atoms with Crippen LogP contribution < -0.4 is 15.9 Å². The summed E-state index contributed by atoms with van der Waals surface area (Å²) in [7, 11) is 0. The quantitative estimate of drug-likeness (QED) is 0.228. The Kier molecular flexibility index (Phi) is 6.14. The number of nitrogens with zero attached hydrogens (tertiary/aromatic N) is 2. The topological polar surface area (TPSA) is 131 Å². The molecule has 1 aromatic heterocycles. The number of amides is 3. The second kappa shape index (κ2) is 9.57. The van der Waals surface area contributed by atoms with Crippen LogP contribution in [0.15, 0.2) is 71.5 Å². The van der Waals surface area contributed by atoms with Crippen LogP contribution in [0.25, 0.3) is 11.0 Å². The summed E-state index contributed by atoms with van der Waals surface area (Å²) < 4.78 is 6.93. The Morgan fingerprint density at radius 1 is 0.919 bits per heavy atom. The molecule has 1 aliphatic rings. The lowest BCUT2D eigenvalue weighted by atomic mass is 10.1. The maximum atomic E-state index is 13.0. The number of esters is 1. The SMILES string of the molecule is CC(=O)Nc1ccc(N2C(=O)c3ccc(C(=O)OCCCn4c(=O)[nH]c5ccccc54)cc3C2=O)cc1. The zero-order chi connectivity index (χ0) is 26.1. The number of aromatic amines is 1. The van der Waals surface area contributed by atoms with E-state index in [9.17, 15) is 24.0 Å². The van der Waals surface area contributed by atoms with E-state index in [0.717, 1.165) is 15.9 Å². The third-order valence-corrected chi connectivity index (χ3v) is 6.01. The number of para-hydroxylation sites is 2. The minimum absolute atomic E-state index is 0.0709. The van der Waals surface area contributed by atoms with Gasteiger partial charge in [-0.2, -0.15) is 0 Å². The van der Waals surface area contributed by atoms with E-state index in [0.29, 0.717) is 24.3 Å². The number of aryl methyl sites for hydroxylation is 1. The molecule has 2 heterocycles. The molecule has 1 aliphatic heterocycles. The minimum atomic E-state index is -0.632. The summed E-state index contributed by atoms with van der Waals surface area (Å²) in [6.07, 6.45) is 0.415. The number of hydrogen-bond acceptors (Lipinski definition) is 6. The lowest BCUT2D eigenvalue weighted by Crippen LogP contribution is -2.29. The molecule has 10 heteroatoms. The number of nitrogens with one attached hydrogen (secondary N) is 2. The number of carbonyl (C=O) groups is 4. The third-order valence-electron chi connectivity index (χ3n) is 6.01. The average Bonchev–Trinajstić information content (AvgIpc) is 3.34. The molecule has 0 saturated heterocycles. The van der Waals surface area contributed by atoms with Gasteiger partial charge in [-0.3, -0.25) is 19.0 Å². The Hall–Kier alpha value is -4.99. The lowest BCUT2D eigenvalue weighted by Gasteiger charge is -2.14. The number of aromatic nitrogens is 2. The maximum absolute atomic E-state index is 13.0. The van der Waals surface area contributed by atoms with Crippen molar-refractivity contribution >= 4 is 46.1 Å². The van der Waals surface area contributed by atoms with Gasteiger partial charge in [-0.15, -0.1) is 0 Å². The highest BCUT2D eigenvalue weighted by Gasteiger charge is 2.37. The Bertz CT molecular complexity index is 1620. The van der Waals surface area contributed by atoms with E-state index in [1.54, 1.807) is 28.8 Å². The molecule has 0 aliphatic carbocycles. The standard InChI is InChI=1S/C27H22N4O6/c1-16(32)28-18-8-10-19(11-9-18)31-24(33)20-12-7-17(15-21(20)25(31)34)26(35)37-14-4-13-30-23-6-3-2-5-22(23)29-27(30)36/h2-3,5-12,15H,4,13-14H2,1H3,(H,28,32)(H,29,36). The van der Waals surface area contributed by atoms with Crippen LogP contribution in [0.5, 0.6) is 0 Å². The Morgan fingerprint density at radius 3 is 2.41 bits per heavy atom. The number of hydrogen-bond donors (Lipinski definition) is 2. The zero-order valence-electron chi connectivity index (χ0n) is 19.8. The molecule has 186 valence electrons. The number of imide groups is 1. The molecular formula is C27H22N4O6. The van der Waals surface area contributed by atoms with Crippen LogP contribution in [0.1, 0.15) is 44.4 Å². The second-order valence-corrected chi connectivity index (χ2v) is 8.52. The van der Waals surface area contributed by atoms with Crippen molar-refractivity contribution in [3.05, 3.63) is 93.9 Å². The van der Waals surface area contributed by atoms with E-state index in [2.05, 4.69) is 10.3 Å². The summed E-state index contributed by atoms with van der Waals surface area (Å²) in [4.78, 5) is 65.7. The van der Waals surface area contributed by atoms with Crippen molar-refractivity contribution in [2.75, 3.05) is 16.8 Å². The fourth-order valence-electron chi connectivity index (χ4n) is 4.30. The van der Waals surface area contributed by atoms with Crippen molar-refractivity contribution in [2.45, 2.75) is 19.9 Å². The van der Waals surface area contributed by atoms with Crippen LogP contribution in [-0.2, 0) is 16.1 Å². The molecule has 4 aromatic rings. The van der Waals surface area contributed by atoms with Gasteiger partial charge in [-0.05, 0) is 61.0 Å². The summed E-state index contributed by atoms with van der Waals surface area (Å²) in [5, 5.41) is 2.62. The Labute approximate surface area is 210 Å². The molecule has 5 rings (SSSR count). The number of carbonyl (C=O) groups excluding carboxylic acids is 4. The molecule has 0 unspecified atom stereocenters. The zero-order valence-corrected chi connectivity index (χ0v) is 19.8. The first-order chi connectivity index (χ1) is 17.8. The largest absolute Gasteiger partial charge is 0.462 e. The Morgan fingerprint density at radius 2 is 1.65 bits per heavy atom. The van der Waals surface area contributed by atoms with Gasteiger partial charge in [0.25, 0.3) is 11.8 Å². The second-order valence-electron chi connectivity index (χ2n) is 8.52. The molecule has 0 saturated carbocycles. The van der Waals surface area contributed by atoms with Gasteiger partial charge < -0.3 is 15.0 Å². The van der Waals surface area contributed by atoms with Crippen molar-refractivity contribution in [3.8, 4) is 0 Å². The van der Waals surface area contributed by atoms with Crippen LogP contribution in [0, 0.1) is 0 Å². The number of fused-ring (bicyclic) bond motifs is 2. The van der Waals surface area contributed by atoms with Gasteiger partial charge in [0, 0.05) is 19.2 Å². The summed E-state index contributed by atoms with van der Waals surface area (Å²) in [5.41, 5.74) is 2.59. The van der Waals surface area contributed by atoms with E-state index < -0.39 is 17.8 Å². The highest BCUT2D eigenvalue weighted by atomic mass is 16.5. The van der Waals surface area contributed by atoms with Gasteiger partial charge in [0.05, 0.1) is 40.0 Å². The summed E-state index contributed by atoms with van der Waals surface area (Å²) in [6, 6.07) is 17.9. The van der Waals surface area contributed by atoms with E-state index in [4.69, 9.17) is 4.74 Å². The van der Waals surface area contributed by atoms with Gasteiger partial charge in [0.2, 0.25) is 5.91 Å². The highest BCUT2D eigenvalue weighted by molar-refractivity contribution is 6.34. The summed E-state index contributed by atoms with van der Waals surface area (Å²) in [5.74, 6) is -1.93. The van der Waals surface area contributed by atoms with Crippen molar-refractivity contribution < 1.29 is 23.9 Å². The first kappa shape index (κ1) is 23.7. The molecule has 0 radical (unpaired) electrons. The predicted molar refractivity (Wildman–Crippen MR) is 136 cm³/mol. The molecule has 3 aromatic carbocycles. The summed E-state index contributed by atoms with van der Waals surface area (Å²) >= 11 is 0. The van der Waals surface area contributed by atoms with Crippen molar-refractivity contribution in [3.63, 3.8) is 0 Å². The van der Waals surface area contributed by atoms with Crippen LogP contribution in [0.3, 0.4) is 0 Å². The molecular weight excluding hydrogens is 476 g/mol. The van der Waals surface area contributed by atoms with Crippen molar-refractivity contribution in [1.82, 2.24) is 9.55 Å². The molecule has 0 bridgehead atoms. The molecule has 3 amide bonds. The van der Waals surface area contributed by atoms with Crippen molar-refractivity contribution in [1.29, 1.82) is 0 Å². The lowest BCUT2D eigenvalue weighted by molar-refractivity contribution is -0.114. The number of benzene rings is 3. The van der Waals surface area contributed by atoms with Gasteiger partial charge >= 0.3 is 11.7 Å². The van der Waals surface area contributed by atoms with Crippen LogP contribution in [0.2, 0.25) is 0 Å². The average molecular weight is 498 g/mol. The maximum Gasteiger partial charge on any atom is 0.338 e. The van der Waals surface area contributed by atoms with Gasteiger partial charge in [0.1, 0.15) is 0 Å². The van der Waals surface area contributed by atoms with E-state index in [-0.39, 0.29) is 34.9 Å².